The largest absolute Gasteiger partial charge is 0.472 e. The van der Waals surface area contributed by atoms with Crippen LogP contribution < -0.4 is 10.6 Å². The fourth-order valence-corrected chi connectivity index (χ4v) is 3.97. The van der Waals surface area contributed by atoms with Gasteiger partial charge in [-0.05, 0) is 49.7 Å². The van der Waals surface area contributed by atoms with E-state index in [-0.39, 0.29) is 11.8 Å². The Morgan fingerprint density at radius 2 is 2.31 bits per heavy atom. The van der Waals surface area contributed by atoms with Crippen LogP contribution in [-0.4, -0.2) is 42.4 Å². The lowest BCUT2D eigenvalue weighted by atomic mass is 9.98. The predicted octanol–water partition coefficient (Wildman–Crippen LogP) is 2.49. The molecule has 6 nitrogen and oxygen atoms in total. The number of hydrogen-bond donors (Lipinski definition) is 2. The Bertz CT molecular complexity index is 700. The minimum atomic E-state index is -0.580. The van der Waals surface area contributed by atoms with Crippen LogP contribution in [-0.2, 0) is 11.3 Å². The second kappa shape index (κ2) is 9.00. The maximum absolute atomic E-state index is 12.3. The van der Waals surface area contributed by atoms with E-state index in [9.17, 15) is 9.59 Å². The molecule has 140 valence electrons. The highest BCUT2D eigenvalue weighted by molar-refractivity contribution is 7.09. The first kappa shape index (κ1) is 18.7. The molecule has 3 heterocycles. The summed E-state index contributed by atoms with van der Waals surface area (Å²) < 4.78 is 4.89. The van der Waals surface area contributed by atoms with E-state index < -0.39 is 6.04 Å². The molecule has 2 unspecified atom stereocenters. The van der Waals surface area contributed by atoms with Gasteiger partial charge in [0.15, 0.2) is 0 Å². The number of carbonyl (C=O) groups is 2. The van der Waals surface area contributed by atoms with Gasteiger partial charge in [-0.15, -0.1) is 11.3 Å². The van der Waals surface area contributed by atoms with E-state index in [2.05, 4.69) is 33.0 Å². The van der Waals surface area contributed by atoms with Crippen LogP contribution in [0.3, 0.4) is 0 Å². The van der Waals surface area contributed by atoms with E-state index in [1.165, 1.54) is 17.4 Å². The van der Waals surface area contributed by atoms with Crippen molar-refractivity contribution >= 4 is 23.2 Å². The average Bonchev–Trinajstić information content (AvgIpc) is 3.33. The Balaban J connectivity index is 1.41. The highest BCUT2D eigenvalue weighted by atomic mass is 32.1. The number of hydrogen-bond acceptors (Lipinski definition) is 5. The number of nitrogens with zero attached hydrogens (tertiary/aromatic N) is 1. The van der Waals surface area contributed by atoms with Gasteiger partial charge in [-0.1, -0.05) is 6.07 Å². The van der Waals surface area contributed by atoms with Crippen molar-refractivity contribution in [3.05, 3.63) is 46.5 Å². The van der Waals surface area contributed by atoms with Gasteiger partial charge in [0.25, 0.3) is 5.91 Å². The van der Waals surface area contributed by atoms with Crippen molar-refractivity contribution in [1.82, 2.24) is 15.5 Å². The summed E-state index contributed by atoms with van der Waals surface area (Å²) in [5.41, 5.74) is 0.418. The molecule has 2 atom stereocenters. The number of nitrogens with one attached hydrogen (secondary N) is 2. The Morgan fingerprint density at radius 3 is 3.04 bits per heavy atom. The molecule has 3 rings (SSSR count). The summed E-state index contributed by atoms with van der Waals surface area (Å²) in [4.78, 5) is 28.1. The van der Waals surface area contributed by atoms with Crippen molar-refractivity contribution in [3.8, 4) is 0 Å². The van der Waals surface area contributed by atoms with Crippen LogP contribution in [0.15, 0.2) is 40.5 Å². The summed E-state index contributed by atoms with van der Waals surface area (Å²) in [6, 6.07) is 5.24. The number of rotatable bonds is 7. The van der Waals surface area contributed by atoms with Crippen LogP contribution in [0.4, 0.5) is 0 Å². The highest BCUT2D eigenvalue weighted by Gasteiger charge is 2.22. The molecule has 1 saturated heterocycles. The van der Waals surface area contributed by atoms with E-state index in [1.54, 1.807) is 24.3 Å². The van der Waals surface area contributed by atoms with E-state index in [0.717, 1.165) is 32.5 Å². The summed E-state index contributed by atoms with van der Waals surface area (Å²) in [7, 11) is 0. The van der Waals surface area contributed by atoms with Crippen LogP contribution in [0.5, 0.6) is 0 Å². The van der Waals surface area contributed by atoms with Gasteiger partial charge >= 0.3 is 0 Å². The molecule has 0 spiro atoms. The molecule has 2 aromatic rings. The topological polar surface area (TPSA) is 74.6 Å². The first-order valence-electron chi connectivity index (χ1n) is 8.97. The van der Waals surface area contributed by atoms with Crippen molar-refractivity contribution in [1.29, 1.82) is 0 Å². The molecule has 0 bridgehead atoms. The van der Waals surface area contributed by atoms with E-state index >= 15 is 0 Å². The summed E-state index contributed by atoms with van der Waals surface area (Å²) in [6.45, 7) is 5.43. The molecule has 2 aromatic heterocycles. The van der Waals surface area contributed by atoms with Gasteiger partial charge in [0, 0.05) is 24.5 Å². The minimum absolute atomic E-state index is 0.155. The molecule has 7 heteroatoms. The smallest absolute Gasteiger partial charge is 0.255 e. The van der Waals surface area contributed by atoms with Gasteiger partial charge in [0.05, 0.1) is 11.8 Å². The molecule has 0 aliphatic carbocycles. The third-order valence-electron chi connectivity index (χ3n) is 4.65. The standard InChI is InChI=1S/C19H25N3O3S/c1-14(21-19(24)16-6-8-25-13-16)18(23)20-10-15-4-2-7-22(11-15)12-17-5-3-9-26-17/h3,5-6,8-9,13-15H,2,4,7,10-12H2,1H3,(H,20,23)(H,21,24). The van der Waals surface area contributed by atoms with Crippen molar-refractivity contribution in [2.75, 3.05) is 19.6 Å². The summed E-state index contributed by atoms with van der Waals surface area (Å²) >= 11 is 1.79. The first-order chi connectivity index (χ1) is 12.6. The highest BCUT2D eigenvalue weighted by Crippen LogP contribution is 2.20. The zero-order chi connectivity index (χ0) is 18.4. The van der Waals surface area contributed by atoms with Crippen LogP contribution in [0.1, 0.15) is 35.0 Å². The maximum Gasteiger partial charge on any atom is 0.255 e. The van der Waals surface area contributed by atoms with Gasteiger partial charge < -0.3 is 15.1 Å². The number of amides is 2. The van der Waals surface area contributed by atoms with Crippen LogP contribution in [0.2, 0.25) is 0 Å². The molecule has 1 fully saturated rings. The molecule has 1 aliphatic heterocycles. The molecular formula is C19H25N3O3S. The van der Waals surface area contributed by atoms with Gasteiger partial charge in [-0.2, -0.15) is 0 Å². The van der Waals surface area contributed by atoms with Crippen LogP contribution in [0.25, 0.3) is 0 Å². The SMILES string of the molecule is CC(NC(=O)c1ccoc1)C(=O)NCC1CCCN(Cc2cccs2)C1. The van der Waals surface area contributed by atoms with Gasteiger partial charge in [0.1, 0.15) is 12.3 Å². The number of thiophene rings is 1. The van der Waals surface area contributed by atoms with E-state index in [0.29, 0.717) is 18.0 Å². The Morgan fingerprint density at radius 1 is 1.42 bits per heavy atom. The lowest BCUT2D eigenvalue weighted by Gasteiger charge is -2.32. The van der Waals surface area contributed by atoms with Crippen molar-refractivity contribution in [2.45, 2.75) is 32.4 Å². The molecule has 2 amide bonds. The molecule has 0 saturated carbocycles. The lowest BCUT2D eigenvalue weighted by Crippen LogP contribution is -2.47. The fraction of sp³-hybridized carbons (Fsp3) is 0.474. The normalized spacial score (nSPS) is 19.0. The summed E-state index contributed by atoms with van der Waals surface area (Å²) in [5.74, 6) is -0.0112. The second-order valence-electron chi connectivity index (χ2n) is 6.78. The van der Waals surface area contributed by atoms with Crippen molar-refractivity contribution in [2.24, 2.45) is 5.92 Å². The average molecular weight is 375 g/mol. The van der Waals surface area contributed by atoms with Gasteiger partial charge in [-0.25, -0.2) is 0 Å². The zero-order valence-corrected chi connectivity index (χ0v) is 15.8. The van der Waals surface area contributed by atoms with Crippen LogP contribution >= 0.6 is 11.3 Å². The third-order valence-corrected chi connectivity index (χ3v) is 5.51. The number of carbonyl (C=O) groups excluding carboxylic acids is 2. The van der Waals surface area contributed by atoms with Gasteiger partial charge in [-0.3, -0.25) is 14.5 Å². The van der Waals surface area contributed by atoms with Crippen LogP contribution in [0, 0.1) is 5.92 Å². The molecule has 0 radical (unpaired) electrons. The summed E-state index contributed by atoms with van der Waals surface area (Å²) in [5, 5.41) is 7.78. The third kappa shape index (κ3) is 5.19. The number of furan rings is 1. The van der Waals surface area contributed by atoms with E-state index in [1.807, 2.05) is 0 Å². The molecule has 0 aromatic carbocycles. The summed E-state index contributed by atoms with van der Waals surface area (Å²) in [6.07, 6.45) is 5.07. The first-order valence-corrected chi connectivity index (χ1v) is 9.85. The Kier molecular flexibility index (Phi) is 6.46. The Hall–Kier alpha value is -2.12. The molecule has 2 N–H and O–H groups in total. The molecular weight excluding hydrogens is 350 g/mol. The quantitative estimate of drug-likeness (QED) is 0.780. The lowest BCUT2D eigenvalue weighted by molar-refractivity contribution is -0.122. The monoisotopic (exact) mass is 375 g/mol. The second-order valence-corrected chi connectivity index (χ2v) is 7.81. The minimum Gasteiger partial charge on any atom is -0.472 e. The maximum atomic E-state index is 12.3. The van der Waals surface area contributed by atoms with Crippen molar-refractivity contribution < 1.29 is 14.0 Å². The fourth-order valence-electron chi connectivity index (χ4n) is 3.22. The zero-order valence-electron chi connectivity index (χ0n) is 14.9. The molecule has 26 heavy (non-hydrogen) atoms. The van der Waals surface area contributed by atoms with E-state index in [4.69, 9.17) is 4.42 Å². The number of likely N-dealkylation sites (tertiary alicyclic amines) is 1. The van der Waals surface area contributed by atoms with Crippen molar-refractivity contribution in [3.63, 3.8) is 0 Å². The Labute approximate surface area is 157 Å². The molecule has 1 aliphatic rings. The van der Waals surface area contributed by atoms with Gasteiger partial charge in [0.2, 0.25) is 5.91 Å². The predicted molar refractivity (Wildman–Crippen MR) is 101 cm³/mol. The number of piperidine rings is 1.